The molecule has 0 radical (unpaired) electrons. The Kier molecular flexibility index (Phi) is 6.30. The van der Waals surface area contributed by atoms with E-state index >= 15 is 0 Å². The van der Waals surface area contributed by atoms with E-state index < -0.39 is 12.0 Å². The lowest BCUT2D eigenvalue weighted by Gasteiger charge is -2.37. The summed E-state index contributed by atoms with van der Waals surface area (Å²) >= 11 is 1.48. The first-order valence-electron chi connectivity index (χ1n) is 10.2. The van der Waals surface area contributed by atoms with Crippen LogP contribution in [0.5, 0.6) is 0 Å². The first-order valence-corrected chi connectivity index (χ1v) is 11.0. The minimum absolute atomic E-state index is 0.0691. The number of aryl methyl sites for hydroxylation is 1. The Morgan fingerprint density at radius 1 is 1.24 bits per heavy atom. The van der Waals surface area contributed by atoms with Gasteiger partial charge in [-0.3, -0.25) is 10.8 Å². The third kappa shape index (κ3) is 4.66. The van der Waals surface area contributed by atoms with Crippen LogP contribution in [0.1, 0.15) is 24.0 Å². The molecule has 1 aliphatic heterocycles. The monoisotopic (exact) mass is 482 g/mol. The van der Waals surface area contributed by atoms with E-state index in [9.17, 15) is 13.2 Å². The normalized spacial score (nSPS) is 15.0. The number of amidine groups is 2. The molecule has 0 atom stereocenters. The van der Waals surface area contributed by atoms with Crippen LogP contribution < -0.4 is 4.90 Å². The molecule has 0 unspecified atom stereocenters. The van der Waals surface area contributed by atoms with Gasteiger partial charge < -0.3 is 19.4 Å². The van der Waals surface area contributed by atoms with Crippen LogP contribution in [0.2, 0.25) is 0 Å². The van der Waals surface area contributed by atoms with Crippen LogP contribution in [0.4, 0.5) is 19.0 Å². The number of hydrogen-bond acceptors (Lipinski definition) is 10. The number of hydrogen-bond donors (Lipinski definition) is 3. The second-order valence-corrected chi connectivity index (χ2v) is 8.52. The quantitative estimate of drug-likeness (QED) is 0.360. The fourth-order valence-electron chi connectivity index (χ4n) is 3.49. The molecule has 4 heterocycles. The zero-order valence-electron chi connectivity index (χ0n) is 17.6. The van der Waals surface area contributed by atoms with Gasteiger partial charge >= 0.3 is 6.18 Å². The maximum Gasteiger partial charge on any atom is 0.449 e. The van der Waals surface area contributed by atoms with Crippen LogP contribution in [-0.2, 0) is 12.8 Å². The maximum atomic E-state index is 13.0. The number of alkyl halides is 3. The highest BCUT2D eigenvalue weighted by Gasteiger charge is 2.41. The summed E-state index contributed by atoms with van der Waals surface area (Å²) in [6.45, 7) is 1.72. The van der Waals surface area contributed by atoms with Gasteiger partial charge in [-0.1, -0.05) is 18.5 Å². The van der Waals surface area contributed by atoms with Gasteiger partial charge in [0, 0.05) is 24.4 Å². The molecule has 14 heteroatoms. The van der Waals surface area contributed by atoms with Gasteiger partial charge in [0.05, 0.1) is 18.5 Å². The predicted molar refractivity (Wildman–Crippen MR) is 116 cm³/mol. The van der Waals surface area contributed by atoms with Gasteiger partial charge in [-0.15, -0.1) is 11.3 Å². The molecule has 0 saturated carbocycles. The van der Waals surface area contributed by atoms with E-state index in [4.69, 9.17) is 20.4 Å². The molecule has 0 bridgehead atoms. The second kappa shape index (κ2) is 9.02. The number of halogens is 3. The van der Waals surface area contributed by atoms with Crippen molar-refractivity contribution in [1.29, 1.82) is 10.8 Å². The van der Waals surface area contributed by atoms with Crippen LogP contribution >= 0.6 is 11.3 Å². The number of anilines is 1. The molecule has 10 nitrogen and oxygen atoms in total. The highest BCUT2D eigenvalue weighted by Crippen LogP contribution is 2.34. The Bertz CT molecular complexity index is 1190. The first-order chi connectivity index (χ1) is 15.7. The Morgan fingerprint density at radius 3 is 2.70 bits per heavy atom. The van der Waals surface area contributed by atoms with Crippen molar-refractivity contribution >= 4 is 39.0 Å². The fourth-order valence-corrected chi connectivity index (χ4v) is 4.61. The van der Waals surface area contributed by atoms with Gasteiger partial charge in [-0.05, 0) is 12.5 Å². The summed E-state index contributed by atoms with van der Waals surface area (Å²) in [5.74, 6) is -0.904. The van der Waals surface area contributed by atoms with Gasteiger partial charge in [0.1, 0.15) is 16.5 Å². The van der Waals surface area contributed by atoms with Crippen LogP contribution in [0.15, 0.2) is 10.6 Å². The number of nitrogens with one attached hydrogen (secondary N) is 2. The van der Waals surface area contributed by atoms with Crippen molar-refractivity contribution in [1.82, 2.24) is 25.0 Å². The van der Waals surface area contributed by atoms with Crippen LogP contribution in [0.25, 0.3) is 21.9 Å². The van der Waals surface area contributed by atoms with Crippen molar-refractivity contribution in [2.45, 2.75) is 32.4 Å². The van der Waals surface area contributed by atoms with Gasteiger partial charge in [0.25, 0.3) is 5.89 Å². The number of aliphatic hydroxyl groups is 1. The molecule has 176 valence electrons. The fraction of sp³-hybridized carbons (Fsp3) is 0.474. The average molecular weight is 482 g/mol. The van der Waals surface area contributed by atoms with Crippen molar-refractivity contribution in [2.75, 3.05) is 31.1 Å². The van der Waals surface area contributed by atoms with Crippen molar-refractivity contribution in [2.24, 2.45) is 0 Å². The van der Waals surface area contributed by atoms with Gasteiger partial charge in [-0.25, -0.2) is 9.97 Å². The predicted octanol–water partition coefficient (Wildman–Crippen LogP) is 2.87. The molecule has 1 fully saturated rings. The van der Waals surface area contributed by atoms with Gasteiger partial charge in [-0.2, -0.15) is 18.2 Å². The average Bonchev–Trinajstić information content (AvgIpc) is 3.39. The van der Waals surface area contributed by atoms with E-state index in [1.165, 1.54) is 11.3 Å². The molecule has 1 aliphatic rings. The first kappa shape index (κ1) is 23.0. The molecule has 3 aromatic rings. The second-order valence-electron chi connectivity index (χ2n) is 7.41. The minimum Gasteiger partial charge on any atom is -0.396 e. The maximum absolute atomic E-state index is 13.0. The standard InChI is InChI=1S/C19H21F3N8O2S/c1-2-3-10-8-11-15(29-5-6-30(12(23)9-29)18(24)19(20,21)22)26-14(27-17(11)33-10)16-25-13(4-7-31)28-32-16/h8,23-24,31H,2-7,9H2,1H3. The third-order valence-corrected chi connectivity index (χ3v) is 6.10. The molecule has 33 heavy (non-hydrogen) atoms. The Labute approximate surface area is 190 Å². The number of aliphatic hydroxyl groups excluding tert-OH is 1. The van der Waals surface area contributed by atoms with Crippen molar-refractivity contribution in [3.8, 4) is 11.7 Å². The SMILES string of the molecule is CCCc1cc2c(N3CCN(C(=N)C(F)(F)F)C(=N)C3)nc(-c3nc(CCO)no3)nc2s1. The third-order valence-electron chi connectivity index (χ3n) is 5.01. The van der Waals surface area contributed by atoms with Crippen molar-refractivity contribution < 1.29 is 22.8 Å². The Morgan fingerprint density at radius 2 is 2.03 bits per heavy atom. The molecule has 0 aliphatic carbocycles. The number of thiophene rings is 1. The zero-order valence-corrected chi connectivity index (χ0v) is 18.4. The summed E-state index contributed by atoms with van der Waals surface area (Å²) in [4.78, 5) is 17.4. The zero-order chi connectivity index (χ0) is 23.8. The lowest BCUT2D eigenvalue weighted by atomic mass is 10.2. The van der Waals surface area contributed by atoms with E-state index in [0.717, 1.165) is 23.1 Å². The van der Waals surface area contributed by atoms with E-state index in [2.05, 4.69) is 27.0 Å². The molecule has 4 rings (SSSR count). The highest BCUT2D eigenvalue weighted by atomic mass is 32.1. The number of rotatable bonds is 6. The molecule has 0 aromatic carbocycles. The Balaban J connectivity index is 1.71. The number of nitrogens with zero attached hydrogens (tertiary/aromatic N) is 6. The molecule has 0 amide bonds. The minimum atomic E-state index is -4.82. The van der Waals surface area contributed by atoms with Gasteiger partial charge in [0.15, 0.2) is 5.82 Å². The van der Waals surface area contributed by atoms with Crippen LogP contribution in [-0.4, -0.2) is 74.2 Å². The lowest BCUT2D eigenvalue weighted by Crippen LogP contribution is -2.55. The van der Waals surface area contributed by atoms with Gasteiger partial charge in [0.2, 0.25) is 11.7 Å². The summed E-state index contributed by atoms with van der Waals surface area (Å²) in [5.41, 5.74) is 0. The topological polar surface area (TPSA) is 139 Å². The molecular weight excluding hydrogens is 461 g/mol. The summed E-state index contributed by atoms with van der Waals surface area (Å²) in [5, 5.41) is 29.1. The van der Waals surface area contributed by atoms with Crippen LogP contribution in [0.3, 0.4) is 0 Å². The molecule has 1 saturated heterocycles. The van der Waals surface area contributed by atoms with E-state index in [0.29, 0.717) is 21.4 Å². The highest BCUT2D eigenvalue weighted by molar-refractivity contribution is 7.18. The summed E-state index contributed by atoms with van der Waals surface area (Å²) < 4.78 is 44.2. The smallest absolute Gasteiger partial charge is 0.396 e. The molecule has 0 spiro atoms. The summed E-state index contributed by atoms with van der Waals surface area (Å²) in [7, 11) is 0. The van der Waals surface area contributed by atoms with E-state index in [-0.39, 0.29) is 50.2 Å². The molecule has 3 N–H and O–H groups in total. The number of aromatic nitrogens is 4. The van der Waals surface area contributed by atoms with Crippen molar-refractivity contribution in [3.63, 3.8) is 0 Å². The van der Waals surface area contributed by atoms with E-state index in [1.54, 1.807) is 4.90 Å². The molecular formula is C19H21F3N8O2S. The Hall–Kier alpha value is -3.13. The van der Waals surface area contributed by atoms with Crippen LogP contribution in [0, 0.1) is 10.8 Å². The summed E-state index contributed by atoms with van der Waals surface area (Å²) in [6, 6.07) is 1.96. The lowest BCUT2D eigenvalue weighted by molar-refractivity contribution is -0.0671. The number of fused-ring (bicyclic) bond motifs is 1. The largest absolute Gasteiger partial charge is 0.449 e. The summed E-state index contributed by atoms with van der Waals surface area (Å²) in [6.07, 6.45) is -2.85. The van der Waals surface area contributed by atoms with E-state index in [1.807, 2.05) is 6.07 Å². The molecule has 3 aromatic heterocycles. The number of piperazine rings is 1. The van der Waals surface area contributed by atoms with Crippen molar-refractivity contribution in [3.05, 3.63) is 16.8 Å².